The predicted octanol–water partition coefficient (Wildman–Crippen LogP) is 1.01. The van der Waals surface area contributed by atoms with Gasteiger partial charge >= 0.3 is 0 Å². The van der Waals surface area contributed by atoms with E-state index in [4.69, 9.17) is 15.9 Å². The summed E-state index contributed by atoms with van der Waals surface area (Å²) in [6, 6.07) is 7.99. The number of fused-ring (bicyclic) bond motifs is 1. The number of benzene rings is 1. The van der Waals surface area contributed by atoms with Crippen molar-refractivity contribution >= 4 is 29.2 Å². The second-order valence-corrected chi connectivity index (χ2v) is 7.56. The maximum absolute atomic E-state index is 13.1. The lowest BCUT2D eigenvalue weighted by atomic mass is 10.0. The maximum Gasteiger partial charge on any atom is 0.263 e. The van der Waals surface area contributed by atoms with Crippen molar-refractivity contribution in [2.45, 2.75) is 31.8 Å². The molecule has 1 aromatic heterocycles. The van der Waals surface area contributed by atoms with Gasteiger partial charge in [0.2, 0.25) is 17.7 Å². The average Bonchev–Trinajstić information content (AvgIpc) is 3.05. The van der Waals surface area contributed by atoms with Crippen LogP contribution < -0.4 is 21.1 Å². The summed E-state index contributed by atoms with van der Waals surface area (Å²) in [7, 11) is 0. The van der Waals surface area contributed by atoms with Gasteiger partial charge in [0.1, 0.15) is 11.9 Å². The molecule has 10 heteroatoms. The number of imide groups is 1. The Hall–Kier alpha value is -3.79. The van der Waals surface area contributed by atoms with Crippen molar-refractivity contribution in [2.75, 3.05) is 18.5 Å². The highest BCUT2D eigenvalue weighted by Gasteiger charge is 2.43. The van der Waals surface area contributed by atoms with E-state index in [2.05, 4.69) is 15.6 Å². The Labute approximate surface area is 184 Å². The number of carbonyl (C=O) groups excluding carboxylic acids is 3. The summed E-state index contributed by atoms with van der Waals surface area (Å²) < 4.78 is 5.62. The van der Waals surface area contributed by atoms with E-state index in [-0.39, 0.29) is 24.6 Å². The van der Waals surface area contributed by atoms with Gasteiger partial charge in [0.25, 0.3) is 5.91 Å². The van der Waals surface area contributed by atoms with Crippen LogP contribution in [0.15, 0.2) is 36.5 Å². The van der Waals surface area contributed by atoms with Crippen LogP contribution in [-0.2, 0) is 16.1 Å². The third-order valence-corrected chi connectivity index (χ3v) is 5.43. The lowest BCUT2D eigenvalue weighted by Gasteiger charge is -2.29. The first kappa shape index (κ1) is 21.4. The van der Waals surface area contributed by atoms with Gasteiger partial charge in [-0.05, 0) is 24.5 Å². The van der Waals surface area contributed by atoms with Crippen LogP contribution in [0, 0.1) is 5.41 Å². The van der Waals surface area contributed by atoms with E-state index in [1.807, 2.05) is 6.07 Å². The van der Waals surface area contributed by atoms with Gasteiger partial charge in [0.05, 0.1) is 12.2 Å². The van der Waals surface area contributed by atoms with Gasteiger partial charge in [0.15, 0.2) is 0 Å². The number of ether oxygens (including phenoxy) is 1. The Balaban J connectivity index is 1.37. The molecule has 0 aliphatic carbocycles. The first-order valence-electron chi connectivity index (χ1n) is 10.4. The van der Waals surface area contributed by atoms with Gasteiger partial charge in [-0.15, -0.1) is 0 Å². The van der Waals surface area contributed by atoms with Gasteiger partial charge in [-0.1, -0.05) is 18.2 Å². The number of hydrogen-bond donors (Lipinski definition) is 4. The van der Waals surface area contributed by atoms with E-state index in [0.717, 1.165) is 5.56 Å². The maximum atomic E-state index is 13.1. The minimum absolute atomic E-state index is 0.0292. The number of amides is 3. The second-order valence-electron chi connectivity index (χ2n) is 7.56. The summed E-state index contributed by atoms with van der Waals surface area (Å²) in [4.78, 5) is 42.2. The minimum Gasteiger partial charge on any atom is -0.478 e. The van der Waals surface area contributed by atoms with E-state index in [9.17, 15) is 14.4 Å². The molecule has 0 spiro atoms. The summed E-state index contributed by atoms with van der Waals surface area (Å²) in [5.74, 6) is -0.836. The van der Waals surface area contributed by atoms with Gasteiger partial charge in [0, 0.05) is 43.0 Å². The number of carbonyl (C=O) groups is 3. The van der Waals surface area contributed by atoms with Gasteiger partial charge in [-0.25, -0.2) is 4.98 Å². The number of amidine groups is 1. The van der Waals surface area contributed by atoms with Crippen LogP contribution >= 0.6 is 0 Å². The number of nitrogens with zero attached hydrogens (tertiary/aromatic N) is 2. The van der Waals surface area contributed by atoms with Crippen LogP contribution in [0.1, 0.15) is 40.7 Å². The quantitative estimate of drug-likeness (QED) is 0.356. The SMILES string of the molecule is N=C1c2cccc(NCCCOc3ccc(CN)cn3)c2C(=O)N1C1CCC(=O)NC1=O. The monoisotopic (exact) mass is 436 g/mol. The summed E-state index contributed by atoms with van der Waals surface area (Å²) in [5, 5.41) is 13.9. The molecule has 0 radical (unpaired) electrons. The van der Waals surface area contributed by atoms with Crippen molar-refractivity contribution in [1.82, 2.24) is 15.2 Å². The molecule has 4 rings (SSSR count). The van der Waals surface area contributed by atoms with E-state index in [1.165, 1.54) is 4.90 Å². The number of nitrogens with one attached hydrogen (secondary N) is 3. The van der Waals surface area contributed by atoms with E-state index in [1.54, 1.807) is 30.5 Å². The van der Waals surface area contributed by atoms with Gasteiger partial charge < -0.3 is 15.8 Å². The molecular formula is C22H24N6O4. The molecule has 1 atom stereocenters. The molecule has 3 amide bonds. The van der Waals surface area contributed by atoms with Crippen molar-refractivity contribution in [3.63, 3.8) is 0 Å². The van der Waals surface area contributed by atoms with Crippen LogP contribution in [0.5, 0.6) is 5.88 Å². The van der Waals surface area contributed by atoms with Crippen molar-refractivity contribution < 1.29 is 19.1 Å². The number of piperidine rings is 1. The Morgan fingerprint density at radius 3 is 2.81 bits per heavy atom. The fraction of sp³-hybridized carbons (Fsp3) is 0.318. The van der Waals surface area contributed by atoms with Crippen molar-refractivity contribution in [3.05, 3.63) is 53.2 Å². The zero-order chi connectivity index (χ0) is 22.7. The largest absolute Gasteiger partial charge is 0.478 e. The minimum atomic E-state index is -0.862. The number of anilines is 1. The Bertz CT molecular complexity index is 1070. The Kier molecular flexibility index (Phi) is 6.13. The summed E-state index contributed by atoms with van der Waals surface area (Å²) >= 11 is 0. The molecule has 5 N–H and O–H groups in total. The molecular weight excluding hydrogens is 412 g/mol. The third-order valence-electron chi connectivity index (χ3n) is 5.43. The second kappa shape index (κ2) is 9.15. The van der Waals surface area contributed by atoms with Crippen LogP contribution in [0.25, 0.3) is 0 Å². The topological polar surface area (TPSA) is 150 Å². The molecule has 1 fully saturated rings. The number of pyridine rings is 1. The molecule has 1 aromatic carbocycles. The fourth-order valence-corrected chi connectivity index (χ4v) is 3.79. The number of rotatable bonds is 8. The zero-order valence-electron chi connectivity index (χ0n) is 17.4. The summed E-state index contributed by atoms with van der Waals surface area (Å²) in [6.07, 6.45) is 2.67. The molecule has 0 saturated carbocycles. The van der Waals surface area contributed by atoms with Crippen LogP contribution in [-0.4, -0.2) is 52.6 Å². The first-order valence-corrected chi connectivity index (χ1v) is 10.4. The van der Waals surface area contributed by atoms with E-state index in [0.29, 0.717) is 48.8 Å². The molecule has 10 nitrogen and oxygen atoms in total. The molecule has 2 aromatic rings. The first-order chi connectivity index (χ1) is 15.5. The van der Waals surface area contributed by atoms with Crippen molar-refractivity contribution in [1.29, 1.82) is 5.41 Å². The number of hydrogen-bond acceptors (Lipinski definition) is 8. The molecule has 1 saturated heterocycles. The van der Waals surface area contributed by atoms with Crippen LogP contribution in [0.3, 0.4) is 0 Å². The average molecular weight is 436 g/mol. The predicted molar refractivity (Wildman–Crippen MR) is 116 cm³/mol. The molecule has 2 aliphatic rings. The highest BCUT2D eigenvalue weighted by Crippen LogP contribution is 2.32. The number of nitrogens with two attached hydrogens (primary N) is 1. The summed E-state index contributed by atoms with van der Waals surface area (Å²) in [5.41, 5.74) is 7.90. The van der Waals surface area contributed by atoms with E-state index < -0.39 is 17.9 Å². The molecule has 0 bridgehead atoms. The van der Waals surface area contributed by atoms with E-state index >= 15 is 0 Å². The molecule has 166 valence electrons. The van der Waals surface area contributed by atoms with Gasteiger partial charge in [-0.3, -0.25) is 30.0 Å². The standard InChI is InChI=1S/C22H24N6O4/c23-11-13-5-8-18(26-12-13)32-10-2-9-25-15-4-1-3-14-19(15)22(31)28(20(14)24)16-6-7-17(29)27-21(16)30/h1,3-5,8,12,16,24-25H,2,6-7,9-11,23H2,(H,27,29,30). The molecule has 32 heavy (non-hydrogen) atoms. The lowest BCUT2D eigenvalue weighted by Crippen LogP contribution is -2.54. The van der Waals surface area contributed by atoms with Crippen LogP contribution in [0.4, 0.5) is 5.69 Å². The molecule has 3 heterocycles. The third kappa shape index (κ3) is 4.17. The number of aromatic nitrogens is 1. The zero-order valence-corrected chi connectivity index (χ0v) is 17.4. The van der Waals surface area contributed by atoms with Gasteiger partial charge in [-0.2, -0.15) is 0 Å². The molecule has 1 unspecified atom stereocenters. The smallest absolute Gasteiger partial charge is 0.263 e. The lowest BCUT2D eigenvalue weighted by molar-refractivity contribution is -0.135. The highest BCUT2D eigenvalue weighted by molar-refractivity contribution is 6.26. The van der Waals surface area contributed by atoms with Crippen LogP contribution in [0.2, 0.25) is 0 Å². The normalized spacial score (nSPS) is 17.9. The Morgan fingerprint density at radius 2 is 2.09 bits per heavy atom. The van der Waals surface area contributed by atoms with Crippen molar-refractivity contribution in [2.24, 2.45) is 5.73 Å². The molecule has 2 aliphatic heterocycles. The Morgan fingerprint density at radius 1 is 1.25 bits per heavy atom. The highest BCUT2D eigenvalue weighted by atomic mass is 16.5. The summed E-state index contributed by atoms with van der Waals surface area (Å²) in [6.45, 7) is 1.40. The van der Waals surface area contributed by atoms with Crippen molar-refractivity contribution in [3.8, 4) is 5.88 Å². The fourth-order valence-electron chi connectivity index (χ4n) is 3.79.